The summed E-state index contributed by atoms with van der Waals surface area (Å²) >= 11 is 0. The van der Waals surface area contributed by atoms with E-state index in [1.165, 1.54) is 0 Å². The molecule has 82 valence electrons. The molecule has 0 bridgehead atoms. The summed E-state index contributed by atoms with van der Waals surface area (Å²) in [5.41, 5.74) is 1.04. The zero-order chi connectivity index (χ0) is 10.7. The van der Waals surface area contributed by atoms with Crippen molar-refractivity contribution in [2.24, 2.45) is 0 Å². The van der Waals surface area contributed by atoms with Crippen LogP contribution in [0.25, 0.3) is 0 Å². The van der Waals surface area contributed by atoms with E-state index in [0.29, 0.717) is 0 Å². The molecule has 1 aliphatic heterocycles. The van der Waals surface area contributed by atoms with E-state index in [9.17, 15) is 0 Å². The summed E-state index contributed by atoms with van der Waals surface area (Å²) in [4.78, 5) is 0. The van der Waals surface area contributed by atoms with Gasteiger partial charge in [-0.15, -0.1) is 0 Å². The lowest BCUT2D eigenvalue weighted by molar-refractivity contribution is -0.212. The van der Waals surface area contributed by atoms with Gasteiger partial charge in [0.15, 0.2) is 6.29 Å². The van der Waals surface area contributed by atoms with Gasteiger partial charge in [0, 0.05) is 5.56 Å². The van der Waals surface area contributed by atoms with Crippen LogP contribution in [0.5, 0.6) is 5.75 Å². The van der Waals surface area contributed by atoms with Crippen LogP contribution >= 0.6 is 0 Å². The molecular weight excluding hydrogens is 192 g/mol. The third-order valence-corrected chi connectivity index (χ3v) is 2.54. The van der Waals surface area contributed by atoms with Crippen molar-refractivity contribution in [1.29, 1.82) is 0 Å². The number of rotatable bonds is 2. The maximum atomic E-state index is 5.68. The molecule has 1 aliphatic rings. The minimum absolute atomic E-state index is 0.223. The molecule has 0 saturated carbocycles. The lowest BCUT2D eigenvalue weighted by Crippen LogP contribution is -2.24. The van der Waals surface area contributed by atoms with Crippen LogP contribution in [0.4, 0.5) is 0 Å². The molecule has 3 heteroatoms. The summed E-state index contributed by atoms with van der Waals surface area (Å²) in [5.74, 6) is 0.850. The molecule has 2 atom stereocenters. The fourth-order valence-electron chi connectivity index (χ4n) is 1.60. The van der Waals surface area contributed by atoms with Crippen LogP contribution in [0.1, 0.15) is 25.2 Å². The highest BCUT2D eigenvalue weighted by Gasteiger charge is 2.20. The maximum absolute atomic E-state index is 5.68. The van der Waals surface area contributed by atoms with Gasteiger partial charge in [-0.1, -0.05) is 12.1 Å². The van der Waals surface area contributed by atoms with E-state index in [0.717, 1.165) is 24.3 Å². The molecule has 1 saturated heterocycles. The summed E-state index contributed by atoms with van der Waals surface area (Å²) in [7, 11) is 1.66. The Morgan fingerprint density at radius 3 is 2.60 bits per heavy atom. The molecule has 1 fully saturated rings. The highest BCUT2D eigenvalue weighted by atomic mass is 16.7. The van der Waals surface area contributed by atoms with E-state index in [1.807, 2.05) is 24.3 Å². The first-order valence-electron chi connectivity index (χ1n) is 5.20. The van der Waals surface area contributed by atoms with E-state index < -0.39 is 0 Å². The monoisotopic (exact) mass is 208 g/mol. The highest BCUT2D eigenvalue weighted by Crippen LogP contribution is 2.27. The summed E-state index contributed by atoms with van der Waals surface area (Å²) in [6.07, 6.45) is 1.01. The Balaban J connectivity index is 2.07. The van der Waals surface area contributed by atoms with Gasteiger partial charge in [-0.3, -0.25) is 0 Å². The summed E-state index contributed by atoms with van der Waals surface area (Å²) in [6.45, 7) is 2.83. The van der Waals surface area contributed by atoms with Crippen LogP contribution in [-0.4, -0.2) is 19.8 Å². The van der Waals surface area contributed by atoms with Crippen LogP contribution in [0, 0.1) is 0 Å². The second kappa shape index (κ2) is 4.64. The van der Waals surface area contributed by atoms with Crippen LogP contribution in [0.15, 0.2) is 24.3 Å². The third kappa shape index (κ3) is 2.49. The topological polar surface area (TPSA) is 27.7 Å². The summed E-state index contributed by atoms with van der Waals surface area (Å²) in [6, 6.07) is 7.78. The summed E-state index contributed by atoms with van der Waals surface area (Å²) < 4.78 is 16.3. The van der Waals surface area contributed by atoms with Gasteiger partial charge in [-0.25, -0.2) is 0 Å². The van der Waals surface area contributed by atoms with Crippen molar-refractivity contribution >= 4 is 0 Å². The first-order valence-corrected chi connectivity index (χ1v) is 5.20. The van der Waals surface area contributed by atoms with E-state index in [4.69, 9.17) is 14.2 Å². The van der Waals surface area contributed by atoms with Crippen molar-refractivity contribution in [2.45, 2.75) is 25.7 Å². The predicted octanol–water partition coefficient (Wildman–Crippen LogP) is 2.52. The Morgan fingerprint density at radius 1 is 1.27 bits per heavy atom. The smallest absolute Gasteiger partial charge is 0.184 e. The fourth-order valence-corrected chi connectivity index (χ4v) is 1.60. The zero-order valence-corrected chi connectivity index (χ0v) is 9.10. The van der Waals surface area contributed by atoms with Crippen LogP contribution in [-0.2, 0) is 9.47 Å². The van der Waals surface area contributed by atoms with E-state index in [2.05, 4.69) is 6.92 Å². The molecule has 2 rings (SSSR count). The molecule has 0 radical (unpaired) electrons. The molecule has 0 N–H and O–H groups in total. The molecular formula is C12H16O3. The second-order valence-electron chi connectivity index (χ2n) is 3.71. The average molecular weight is 208 g/mol. The summed E-state index contributed by atoms with van der Waals surface area (Å²) in [5, 5.41) is 0. The molecule has 0 unspecified atom stereocenters. The Bertz CT molecular complexity index is 307. The maximum Gasteiger partial charge on any atom is 0.184 e. The molecule has 0 aromatic heterocycles. The number of hydrogen-bond acceptors (Lipinski definition) is 3. The minimum atomic E-state index is -0.223. The van der Waals surface area contributed by atoms with Gasteiger partial charge in [0.05, 0.1) is 19.8 Å². The van der Waals surface area contributed by atoms with Gasteiger partial charge in [-0.05, 0) is 25.5 Å². The Morgan fingerprint density at radius 2 is 2.00 bits per heavy atom. The molecule has 0 spiro atoms. The quantitative estimate of drug-likeness (QED) is 0.747. The fraction of sp³-hybridized carbons (Fsp3) is 0.500. The number of benzene rings is 1. The number of methoxy groups -OCH3 is 1. The lowest BCUT2D eigenvalue weighted by Gasteiger charge is -2.28. The normalized spacial score (nSPS) is 26.3. The van der Waals surface area contributed by atoms with Crippen molar-refractivity contribution in [1.82, 2.24) is 0 Å². The standard InChI is InChI=1S/C12H16O3/c1-9-7-8-14-12(15-9)10-3-5-11(13-2)6-4-10/h3-6,9,12H,7-8H2,1-2H3/t9-,12-/m1/s1. The molecule has 3 nitrogen and oxygen atoms in total. The number of hydrogen-bond donors (Lipinski definition) is 0. The van der Waals surface area contributed by atoms with Gasteiger partial charge in [0.1, 0.15) is 5.75 Å². The molecule has 15 heavy (non-hydrogen) atoms. The lowest BCUT2D eigenvalue weighted by atomic mass is 10.2. The Labute approximate surface area is 90.0 Å². The van der Waals surface area contributed by atoms with E-state index >= 15 is 0 Å². The van der Waals surface area contributed by atoms with Crippen molar-refractivity contribution in [3.05, 3.63) is 29.8 Å². The van der Waals surface area contributed by atoms with Crippen molar-refractivity contribution in [3.63, 3.8) is 0 Å². The molecule has 0 aliphatic carbocycles. The van der Waals surface area contributed by atoms with Gasteiger partial charge in [0.25, 0.3) is 0 Å². The van der Waals surface area contributed by atoms with Gasteiger partial charge < -0.3 is 14.2 Å². The average Bonchev–Trinajstić information content (AvgIpc) is 2.29. The van der Waals surface area contributed by atoms with Gasteiger partial charge in [-0.2, -0.15) is 0 Å². The molecule has 1 aromatic carbocycles. The predicted molar refractivity (Wildman–Crippen MR) is 56.9 cm³/mol. The van der Waals surface area contributed by atoms with Crippen molar-refractivity contribution < 1.29 is 14.2 Å². The van der Waals surface area contributed by atoms with Crippen LogP contribution in [0.3, 0.4) is 0 Å². The largest absolute Gasteiger partial charge is 0.497 e. The molecule has 1 aromatic rings. The minimum Gasteiger partial charge on any atom is -0.497 e. The SMILES string of the molecule is COc1ccc([C@@H]2OCC[C@@H](C)O2)cc1. The zero-order valence-electron chi connectivity index (χ0n) is 9.10. The number of ether oxygens (including phenoxy) is 3. The van der Waals surface area contributed by atoms with Gasteiger partial charge in [0.2, 0.25) is 0 Å². The molecule has 1 heterocycles. The van der Waals surface area contributed by atoms with Crippen molar-refractivity contribution in [3.8, 4) is 5.75 Å². The second-order valence-corrected chi connectivity index (χ2v) is 3.71. The van der Waals surface area contributed by atoms with Crippen molar-refractivity contribution in [2.75, 3.05) is 13.7 Å². The third-order valence-electron chi connectivity index (χ3n) is 2.54. The van der Waals surface area contributed by atoms with Crippen LogP contribution in [0.2, 0.25) is 0 Å². The first kappa shape index (κ1) is 10.5. The molecule has 0 amide bonds. The Kier molecular flexibility index (Phi) is 3.23. The van der Waals surface area contributed by atoms with E-state index in [1.54, 1.807) is 7.11 Å². The van der Waals surface area contributed by atoms with Crippen LogP contribution < -0.4 is 4.74 Å². The van der Waals surface area contributed by atoms with Gasteiger partial charge >= 0.3 is 0 Å². The first-order chi connectivity index (χ1) is 7.29. The highest BCUT2D eigenvalue weighted by molar-refractivity contribution is 5.27. The Hall–Kier alpha value is -1.06. The van der Waals surface area contributed by atoms with E-state index in [-0.39, 0.29) is 12.4 Å².